The van der Waals surface area contributed by atoms with E-state index in [1.807, 2.05) is 12.1 Å². The molecule has 98 valence electrons. The molecule has 0 spiro atoms. The van der Waals surface area contributed by atoms with Crippen LogP contribution in [0.4, 0.5) is 5.69 Å². The van der Waals surface area contributed by atoms with E-state index >= 15 is 0 Å². The summed E-state index contributed by atoms with van der Waals surface area (Å²) in [5.74, 6) is 0.810. The molecule has 0 bridgehead atoms. The van der Waals surface area contributed by atoms with Crippen LogP contribution in [0.15, 0.2) is 42.5 Å². The zero-order valence-corrected chi connectivity index (χ0v) is 12.0. The summed E-state index contributed by atoms with van der Waals surface area (Å²) in [5, 5.41) is 4.70. The van der Waals surface area contributed by atoms with Gasteiger partial charge in [-0.05, 0) is 48.1 Å². The molecular formula is C16H15Cl2N. The summed E-state index contributed by atoms with van der Waals surface area (Å²) in [4.78, 5) is 0. The maximum Gasteiger partial charge on any atom is 0.0638 e. The van der Waals surface area contributed by atoms with E-state index in [0.717, 1.165) is 18.2 Å². The summed E-state index contributed by atoms with van der Waals surface area (Å²) in [5.41, 5.74) is 3.59. The Morgan fingerprint density at radius 2 is 1.74 bits per heavy atom. The SMILES string of the molecule is Clc1ccc(Cl)c(NCc2ccc(C3CC3)cc2)c1. The number of anilines is 1. The van der Waals surface area contributed by atoms with E-state index < -0.39 is 0 Å². The second kappa shape index (κ2) is 5.44. The first kappa shape index (κ1) is 12.8. The summed E-state index contributed by atoms with van der Waals surface area (Å²) >= 11 is 12.1. The number of benzene rings is 2. The van der Waals surface area contributed by atoms with Crippen LogP contribution in [0.5, 0.6) is 0 Å². The topological polar surface area (TPSA) is 12.0 Å². The molecule has 2 aromatic rings. The molecule has 1 aliphatic rings. The average molecular weight is 292 g/mol. The van der Waals surface area contributed by atoms with E-state index in [-0.39, 0.29) is 0 Å². The molecule has 0 aliphatic heterocycles. The molecule has 1 saturated carbocycles. The summed E-state index contributed by atoms with van der Waals surface area (Å²) in [6, 6.07) is 14.3. The van der Waals surface area contributed by atoms with Gasteiger partial charge in [0, 0.05) is 11.6 Å². The summed E-state index contributed by atoms with van der Waals surface area (Å²) < 4.78 is 0. The normalized spacial score (nSPS) is 14.4. The first-order valence-corrected chi connectivity index (χ1v) is 7.26. The summed E-state index contributed by atoms with van der Waals surface area (Å²) in [6.07, 6.45) is 2.69. The van der Waals surface area contributed by atoms with Crippen LogP contribution in [0.25, 0.3) is 0 Å². The molecule has 0 aromatic heterocycles. The van der Waals surface area contributed by atoms with Gasteiger partial charge in [-0.1, -0.05) is 47.5 Å². The molecule has 0 radical (unpaired) electrons. The molecule has 1 nitrogen and oxygen atoms in total. The van der Waals surface area contributed by atoms with Crippen LogP contribution in [0.1, 0.15) is 29.9 Å². The van der Waals surface area contributed by atoms with Crippen molar-refractivity contribution < 1.29 is 0 Å². The molecule has 19 heavy (non-hydrogen) atoms. The fraction of sp³-hybridized carbons (Fsp3) is 0.250. The molecule has 0 saturated heterocycles. The Morgan fingerprint density at radius 1 is 1.00 bits per heavy atom. The van der Waals surface area contributed by atoms with Gasteiger partial charge < -0.3 is 5.32 Å². The summed E-state index contributed by atoms with van der Waals surface area (Å²) in [7, 11) is 0. The van der Waals surface area contributed by atoms with Gasteiger partial charge in [0.05, 0.1) is 10.7 Å². The second-order valence-electron chi connectivity index (χ2n) is 4.99. The van der Waals surface area contributed by atoms with Crippen molar-refractivity contribution in [1.82, 2.24) is 0 Å². The molecule has 1 fully saturated rings. The standard InChI is InChI=1S/C16H15Cl2N/c17-14-7-8-15(18)16(9-14)19-10-11-1-3-12(4-2-11)13-5-6-13/h1-4,7-9,13,19H,5-6,10H2. The Labute approximate surface area is 123 Å². The highest BCUT2D eigenvalue weighted by Gasteiger charge is 2.22. The second-order valence-corrected chi connectivity index (χ2v) is 5.84. The Bertz CT molecular complexity index is 574. The van der Waals surface area contributed by atoms with Crippen molar-refractivity contribution in [3.8, 4) is 0 Å². The van der Waals surface area contributed by atoms with E-state index in [0.29, 0.717) is 10.0 Å². The number of hydrogen-bond acceptors (Lipinski definition) is 1. The van der Waals surface area contributed by atoms with Gasteiger partial charge in [-0.25, -0.2) is 0 Å². The van der Waals surface area contributed by atoms with Gasteiger partial charge in [0.25, 0.3) is 0 Å². The van der Waals surface area contributed by atoms with Crippen LogP contribution in [-0.4, -0.2) is 0 Å². The molecular weight excluding hydrogens is 277 g/mol. The molecule has 3 heteroatoms. The average Bonchev–Trinajstić information content (AvgIpc) is 3.25. The first-order chi connectivity index (χ1) is 9.22. The number of rotatable bonds is 4. The van der Waals surface area contributed by atoms with Crippen molar-refractivity contribution in [3.05, 3.63) is 63.6 Å². The van der Waals surface area contributed by atoms with Crippen LogP contribution in [0, 0.1) is 0 Å². The number of halogens is 2. The van der Waals surface area contributed by atoms with Gasteiger partial charge in [0.1, 0.15) is 0 Å². The van der Waals surface area contributed by atoms with E-state index in [2.05, 4.69) is 29.6 Å². The van der Waals surface area contributed by atoms with Gasteiger partial charge in [-0.15, -0.1) is 0 Å². The van der Waals surface area contributed by atoms with Crippen LogP contribution >= 0.6 is 23.2 Å². The molecule has 1 aliphatic carbocycles. The Kier molecular flexibility index (Phi) is 3.67. The molecule has 0 amide bonds. The predicted molar refractivity (Wildman–Crippen MR) is 82.2 cm³/mol. The predicted octanol–water partition coefficient (Wildman–Crippen LogP) is 5.48. The third-order valence-corrected chi connectivity index (χ3v) is 4.00. The highest BCUT2D eigenvalue weighted by molar-refractivity contribution is 6.35. The van der Waals surface area contributed by atoms with E-state index in [1.54, 1.807) is 6.07 Å². The fourth-order valence-electron chi connectivity index (χ4n) is 2.15. The highest BCUT2D eigenvalue weighted by Crippen LogP contribution is 2.39. The molecule has 0 unspecified atom stereocenters. The Morgan fingerprint density at radius 3 is 2.42 bits per heavy atom. The molecule has 3 rings (SSSR count). The van der Waals surface area contributed by atoms with Gasteiger partial charge in [0.2, 0.25) is 0 Å². The monoisotopic (exact) mass is 291 g/mol. The van der Waals surface area contributed by atoms with Crippen molar-refractivity contribution >= 4 is 28.9 Å². The van der Waals surface area contributed by atoms with Crippen LogP contribution in [0.3, 0.4) is 0 Å². The van der Waals surface area contributed by atoms with Gasteiger partial charge in [-0.2, -0.15) is 0 Å². The zero-order valence-electron chi connectivity index (χ0n) is 10.5. The van der Waals surface area contributed by atoms with Gasteiger partial charge in [-0.3, -0.25) is 0 Å². The zero-order chi connectivity index (χ0) is 13.2. The third kappa shape index (κ3) is 3.23. The quantitative estimate of drug-likeness (QED) is 0.786. The lowest BCUT2D eigenvalue weighted by molar-refractivity contribution is 1.10. The van der Waals surface area contributed by atoms with E-state index in [9.17, 15) is 0 Å². The van der Waals surface area contributed by atoms with E-state index in [4.69, 9.17) is 23.2 Å². The van der Waals surface area contributed by atoms with Crippen molar-refractivity contribution in [1.29, 1.82) is 0 Å². The summed E-state index contributed by atoms with van der Waals surface area (Å²) in [6.45, 7) is 0.755. The molecule has 2 aromatic carbocycles. The molecule has 1 N–H and O–H groups in total. The maximum absolute atomic E-state index is 6.12. The first-order valence-electron chi connectivity index (χ1n) is 6.50. The van der Waals surface area contributed by atoms with Crippen molar-refractivity contribution in [2.75, 3.05) is 5.32 Å². The minimum atomic E-state index is 0.691. The minimum Gasteiger partial charge on any atom is -0.380 e. The van der Waals surface area contributed by atoms with Crippen LogP contribution < -0.4 is 5.32 Å². The van der Waals surface area contributed by atoms with Gasteiger partial charge in [0.15, 0.2) is 0 Å². The lowest BCUT2D eigenvalue weighted by Crippen LogP contribution is -2.00. The van der Waals surface area contributed by atoms with Crippen molar-refractivity contribution in [2.24, 2.45) is 0 Å². The Balaban J connectivity index is 1.66. The van der Waals surface area contributed by atoms with Crippen molar-refractivity contribution in [2.45, 2.75) is 25.3 Å². The molecule has 0 atom stereocenters. The minimum absolute atomic E-state index is 0.691. The Hall–Kier alpha value is -1.18. The molecule has 0 heterocycles. The highest BCUT2D eigenvalue weighted by atomic mass is 35.5. The van der Waals surface area contributed by atoms with Gasteiger partial charge >= 0.3 is 0 Å². The van der Waals surface area contributed by atoms with Crippen LogP contribution in [0.2, 0.25) is 10.0 Å². The lowest BCUT2D eigenvalue weighted by atomic mass is 10.1. The van der Waals surface area contributed by atoms with Crippen molar-refractivity contribution in [3.63, 3.8) is 0 Å². The van der Waals surface area contributed by atoms with E-state index in [1.165, 1.54) is 24.0 Å². The number of nitrogens with one attached hydrogen (secondary N) is 1. The fourth-order valence-corrected chi connectivity index (χ4v) is 2.51. The third-order valence-electron chi connectivity index (χ3n) is 3.44. The maximum atomic E-state index is 6.12. The largest absolute Gasteiger partial charge is 0.380 e. The smallest absolute Gasteiger partial charge is 0.0638 e. The number of hydrogen-bond donors (Lipinski definition) is 1. The van der Waals surface area contributed by atoms with Crippen LogP contribution in [-0.2, 0) is 6.54 Å². The lowest BCUT2D eigenvalue weighted by Gasteiger charge is -2.09.